The van der Waals surface area contributed by atoms with Crippen molar-refractivity contribution in [3.63, 3.8) is 0 Å². The van der Waals surface area contributed by atoms with Crippen molar-refractivity contribution in [2.24, 2.45) is 11.7 Å². The van der Waals surface area contributed by atoms with Gasteiger partial charge in [0.05, 0.1) is 14.2 Å². The average molecular weight is 455 g/mol. The van der Waals surface area contributed by atoms with Crippen LogP contribution in [0.1, 0.15) is 81.3 Å². The first-order valence-corrected chi connectivity index (χ1v) is 11.4. The van der Waals surface area contributed by atoms with Crippen molar-refractivity contribution < 1.29 is 19.1 Å². The highest BCUT2D eigenvalue weighted by Crippen LogP contribution is 2.37. The van der Waals surface area contributed by atoms with Crippen LogP contribution >= 0.6 is 0 Å². The number of benzene rings is 2. The number of nitrogens with two attached hydrogens (primary N) is 1. The van der Waals surface area contributed by atoms with Crippen molar-refractivity contribution in [3.05, 3.63) is 53.1 Å². The van der Waals surface area contributed by atoms with E-state index in [2.05, 4.69) is 39.9 Å². The maximum absolute atomic E-state index is 13.2. The maximum atomic E-state index is 13.2. The number of carbonyl (C=O) groups excluding carboxylic acids is 2. The van der Waals surface area contributed by atoms with Crippen molar-refractivity contribution in [1.29, 1.82) is 0 Å². The molecule has 0 heterocycles. The summed E-state index contributed by atoms with van der Waals surface area (Å²) in [6.07, 6.45) is 2.12. The van der Waals surface area contributed by atoms with Crippen molar-refractivity contribution in [2.45, 2.75) is 65.2 Å². The van der Waals surface area contributed by atoms with E-state index in [0.717, 1.165) is 24.0 Å². The lowest BCUT2D eigenvalue weighted by Gasteiger charge is -2.25. The number of methoxy groups -OCH3 is 2. The summed E-state index contributed by atoms with van der Waals surface area (Å²) in [6.45, 7) is 10.5. The fourth-order valence-electron chi connectivity index (χ4n) is 3.94. The standard InChI is InChI=1S/C27H38N2O4/c1-17(2)8-9-18(21-12-11-20(32-6)16-24(21)33-7)15-25(30)29-23-14-19(26(28)31)10-13-22(23)27(3,4)5/h10-14,16-18H,8-9,15H2,1-7H3,(H2,28,31)(H,29,30). The Morgan fingerprint density at radius 2 is 1.70 bits per heavy atom. The zero-order valence-corrected chi connectivity index (χ0v) is 21.0. The lowest BCUT2D eigenvalue weighted by molar-refractivity contribution is -0.116. The number of carbonyl (C=O) groups is 2. The number of rotatable bonds is 10. The second kappa shape index (κ2) is 11.2. The Morgan fingerprint density at radius 1 is 1.00 bits per heavy atom. The summed E-state index contributed by atoms with van der Waals surface area (Å²) in [5.74, 6) is 1.27. The molecule has 0 saturated carbocycles. The number of anilines is 1. The number of primary amides is 1. The second-order valence-electron chi connectivity index (χ2n) is 9.90. The highest BCUT2D eigenvalue weighted by molar-refractivity contribution is 5.97. The van der Waals surface area contributed by atoms with Gasteiger partial charge < -0.3 is 20.5 Å². The van der Waals surface area contributed by atoms with E-state index in [-0.39, 0.29) is 17.2 Å². The molecule has 0 spiro atoms. The van der Waals surface area contributed by atoms with Crippen LogP contribution in [-0.2, 0) is 10.2 Å². The van der Waals surface area contributed by atoms with Gasteiger partial charge in [0.25, 0.3) is 0 Å². The van der Waals surface area contributed by atoms with E-state index in [4.69, 9.17) is 15.2 Å². The average Bonchev–Trinajstić information content (AvgIpc) is 2.75. The number of amides is 2. The number of ether oxygens (including phenoxy) is 2. The molecule has 2 aromatic rings. The Balaban J connectivity index is 2.36. The number of nitrogens with one attached hydrogen (secondary N) is 1. The van der Waals surface area contributed by atoms with E-state index in [1.165, 1.54) is 0 Å². The Kier molecular flexibility index (Phi) is 8.91. The summed E-state index contributed by atoms with van der Waals surface area (Å²) in [7, 11) is 3.24. The lowest BCUT2D eigenvalue weighted by atomic mass is 9.84. The highest BCUT2D eigenvalue weighted by atomic mass is 16.5. The molecule has 0 aliphatic rings. The van der Waals surface area contributed by atoms with Crippen LogP contribution < -0.4 is 20.5 Å². The third kappa shape index (κ3) is 7.24. The largest absolute Gasteiger partial charge is 0.497 e. The van der Waals surface area contributed by atoms with Gasteiger partial charge in [-0.3, -0.25) is 9.59 Å². The molecule has 180 valence electrons. The summed E-state index contributed by atoms with van der Waals surface area (Å²) < 4.78 is 10.9. The van der Waals surface area contributed by atoms with Gasteiger partial charge in [-0.15, -0.1) is 0 Å². The topological polar surface area (TPSA) is 90.6 Å². The third-order valence-electron chi connectivity index (χ3n) is 5.79. The van der Waals surface area contributed by atoms with Crippen LogP contribution in [0.2, 0.25) is 0 Å². The molecule has 6 heteroatoms. The molecule has 0 radical (unpaired) electrons. The minimum atomic E-state index is -0.524. The van der Waals surface area contributed by atoms with Crippen molar-refractivity contribution >= 4 is 17.5 Å². The monoisotopic (exact) mass is 454 g/mol. The second-order valence-corrected chi connectivity index (χ2v) is 9.90. The van der Waals surface area contributed by atoms with Crippen LogP contribution in [-0.4, -0.2) is 26.0 Å². The molecule has 2 aromatic carbocycles. The van der Waals surface area contributed by atoms with E-state index in [1.807, 2.05) is 24.3 Å². The molecule has 0 aliphatic heterocycles. The van der Waals surface area contributed by atoms with Crippen LogP contribution in [0.25, 0.3) is 0 Å². The number of hydrogen-bond donors (Lipinski definition) is 2. The summed E-state index contributed by atoms with van der Waals surface area (Å²) in [6, 6.07) is 10.9. The quantitative estimate of drug-likeness (QED) is 0.485. The summed E-state index contributed by atoms with van der Waals surface area (Å²) in [4.78, 5) is 25.0. The maximum Gasteiger partial charge on any atom is 0.248 e. The van der Waals surface area contributed by atoms with Gasteiger partial charge in [-0.2, -0.15) is 0 Å². The van der Waals surface area contributed by atoms with Gasteiger partial charge in [0, 0.05) is 23.7 Å². The molecule has 0 bridgehead atoms. The molecule has 0 aliphatic carbocycles. The fraction of sp³-hybridized carbons (Fsp3) is 0.481. The van der Waals surface area contributed by atoms with Crippen LogP contribution in [0.15, 0.2) is 36.4 Å². The van der Waals surface area contributed by atoms with E-state index < -0.39 is 5.91 Å². The van der Waals surface area contributed by atoms with Crippen LogP contribution in [0, 0.1) is 5.92 Å². The molecule has 0 aromatic heterocycles. The highest BCUT2D eigenvalue weighted by Gasteiger charge is 2.24. The molecule has 0 fully saturated rings. The zero-order chi connectivity index (χ0) is 24.8. The van der Waals surface area contributed by atoms with Crippen LogP contribution in [0.4, 0.5) is 5.69 Å². The first kappa shape index (κ1) is 26.2. The van der Waals surface area contributed by atoms with Gasteiger partial charge in [0.2, 0.25) is 11.8 Å². The Bertz CT molecular complexity index is 977. The minimum Gasteiger partial charge on any atom is -0.497 e. The Morgan fingerprint density at radius 3 is 2.24 bits per heavy atom. The molecular weight excluding hydrogens is 416 g/mol. The molecule has 3 N–H and O–H groups in total. The first-order chi connectivity index (χ1) is 15.5. The first-order valence-electron chi connectivity index (χ1n) is 11.4. The van der Waals surface area contributed by atoms with Gasteiger partial charge >= 0.3 is 0 Å². The predicted molar refractivity (Wildman–Crippen MR) is 133 cm³/mol. The molecule has 1 unspecified atom stereocenters. The Labute approximate surface area is 197 Å². The van der Waals surface area contributed by atoms with E-state index in [0.29, 0.717) is 35.1 Å². The minimum absolute atomic E-state index is 0.0225. The van der Waals surface area contributed by atoms with E-state index in [9.17, 15) is 9.59 Å². The van der Waals surface area contributed by atoms with Crippen molar-refractivity contribution in [1.82, 2.24) is 0 Å². The smallest absolute Gasteiger partial charge is 0.248 e. The van der Waals surface area contributed by atoms with Gasteiger partial charge in [-0.1, -0.05) is 53.2 Å². The molecule has 33 heavy (non-hydrogen) atoms. The normalized spacial score (nSPS) is 12.4. The van der Waals surface area contributed by atoms with E-state index >= 15 is 0 Å². The third-order valence-corrected chi connectivity index (χ3v) is 5.79. The zero-order valence-electron chi connectivity index (χ0n) is 21.0. The summed E-state index contributed by atoms with van der Waals surface area (Å²) >= 11 is 0. The predicted octanol–water partition coefficient (Wildman–Crippen LogP) is 5.65. The molecule has 0 saturated heterocycles. The summed E-state index contributed by atoms with van der Waals surface area (Å²) in [5, 5.41) is 3.05. The van der Waals surface area contributed by atoms with Crippen molar-refractivity contribution in [2.75, 3.05) is 19.5 Å². The SMILES string of the molecule is COc1ccc(C(CCC(C)C)CC(=O)Nc2cc(C(N)=O)ccc2C(C)(C)C)c(OC)c1. The van der Waals surface area contributed by atoms with Crippen LogP contribution in [0.5, 0.6) is 11.5 Å². The van der Waals surface area contributed by atoms with Gasteiger partial charge in [-0.25, -0.2) is 0 Å². The van der Waals surface area contributed by atoms with Crippen LogP contribution in [0.3, 0.4) is 0 Å². The van der Waals surface area contributed by atoms with Gasteiger partial charge in [0.15, 0.2) is 0 Å². The fourth-order valence-corrected chi connectivity index (χ4v) is 3.94. The van der Waals surface area contributed by atoms with Crippen molar-refractivity contribution in [3.8, 4) is 11.5 Å². The molecular formula is C27H38N2O4. The molecule has 2 amide bonds. The summed E-state index contributed by atoms with van der Waals surface area (Å²) in [5.41, 5.74) is 8.18. The van der Waals surface area contributed by atoms with Gasteiger partial charge in [0.1, 0.15) is 11.5 Å². The lowest BCUT2D eigenvalue weighted by Crippen LogP contribution is -2.22. The van der Waals surface area contributed by atoms with E-state index in [1.54, 1.807) is 26.4 Å². The van der Waals surface area contributed by atoms with Gasteiger partial charge in [-0.05, 0) is 53.0 Å². The molecule has 1 atom stereocenters. The number of hydrogen-bond acceptors (Lipinski definition) is 4. The Hall–Kier alpha value is -3.02. The molecule has 2 rings (SSSR count). The molecule has 6 nitrogen and oxygen atoms in total.